The molecular formula is C12H16N2O5S2. The third-order valence-corrected chi connectivity index (χ3v) is 6.23. The molecule has 3 N–H and O–H groups in total. The van der Waals surface area contributed by atoms with Crippen LogP contribution in [0.25, 0.3) is 0 Å². The Labute approximate surface area is 126 Å². The summed E-state index contributed by atoms with van der Waals surface area (Å²) in [7, 11) is -3.73. The molecule has 1 aromatic heterocycles. The summed E-state index contributed by atoms with van der Waals surface area (Å²) in [5, 5.41) is 13.3. The Hall–Kier alpha value is -1.45. The van der Waals surface area contributed by atoms with E-state index < -0.39 is 34.0 Å². The van der Waals surface area contributed by atoms with Gasteiger partial charge in [-0.2, -0.15) is 0 Å². The molecule has 0 radical (unpaired) electrons. The topological polar surface area (TPSA) is 113 Å². The Kier molecular flexibility index (Phi) is 4.64. The van der Waals surface area contributed by atoms with Crippen molar-refractivity contribution < 1.29 is 23.1 Å². The van der Waals surface area contributed by atoms with E-state index in [2.05, 4.69) is 10.0 Å². The maximum atomic E-state index is 11.9. The predicted molar refractivity (Wildman–Crippen MR) is 76.5 cm³/mol. The molecule has 0 unspecified atom stereocenters. The average Bonchev–Trinajstić information content (AvgIpc) is 3.08. The molecule has 0 aliphatic heterocycles. The van der Waals surface area contributed by atoms with E-state index in [4.69, 9.17) is 0 Å². The first-order valence-corrected chi connectivity index (χ1v) is 8.80. The van der Waals surface area contributed by atoms with E-state index >= 15 is 0 Å². The highest BCUT2D eigenvalue weighted by Gasteiger charge is 2.42. The average molecular weight is 332 g/mol. The van der Waals surface area contributed by atoms with E-state index in [0.29, 0.717) is 12.8 Å². The molecule has 1 fully saturated rings. The van der Waals surface area contributed by atoms with Gasteiger partial charge in [0.15, 0.2) is 0 Å². The van der Waals surface area contributed by atoms with Gasteiger partial charge in [0, 0.05) is 0 Å². The number of hydrogen-bond donors (Lipinski definition) is 3. The first kappa shape index (κ1) is 15.9. The molecule has 2 rings (SSSR count). The molecule has 1 aliphatic rings. The van der Waals surface area contributed by atoms with Crippen LogP contribution in [0.5, 0.6) is 0 Å². The second kappa shape index (κ2) is 6.12. The molecule has 116 valence electrons. The van der Waals surface area contributed by atoms with Crippen molar-refractivity contribution in [3.8, 4) is 0 Å². The van der Waals surface area contributed by atoms with Crippen molar-refractivity contribution in [1.29, 1.82) is 0 Å². The van der Waals surface area contributed by atoms with Crippen molar-refractivity contribution in [2.24, 2.45) is 0 Å². The number of sulfonamides is 1. The van der Waals surface area contributed by atoms with Gasteiger partial charge in [-0.3, -0.25) is 4.79 Å². The summed E-state index contributed by atoms with van der Waals surface area (Å²) in [5.41, 5.74) is -1.26. The number of nitrogens with one attached hydrogen (secondary N) is 2. The Morgan fingerprint density at radius 3 is 2.52 bits per heavy atom. The lowest BCUT2D eigenvalue weighted by Crippen LogP contribution is -2.54. The number of amides is 1. The number of thiophene rings is 1. The van der Waals surface area contributed by atoms with Gasteiger partial charge in [-0.25, -0.2) is 17.9 Å². The van der Waals surface area contributed by atoms with Crippen molar-refractivity contribution in [1.82, 2.24) is 10.0 Å². The fraction of sp³-hybridized carbons (Fsp3) is 0.500. The fourth-order valence-corrected chi connectivity index (χ4v) is 4.35. The number of carboxylic acid groups (broad SMARTS) is 1. The zero-order valence-electron chi connectivity index (χ0n) is 11.2. The SMILES string of the molecule is O=C(CNS(=O)(=O)c1cccs1)NC1(C(=O)O)CCCC1. The van der Waals surface area contributed by atoms with Crippen molar-refractivity contribution in [3.05, 3.63) is 17.5 Å². The molecule has 0 spiro atoms. The van der Waals surface area contributed by atoms with Crippen LogP contribution in [0.3, 0.4) is 0 Å². The third-order valence-electron chi connectivity index (χ3n) is 3.43. The molecule has 0 atom stereocenters. The van der Waals surface area contributed by atoms with Crippen LogP contribution >= 0.6 is 11.3 Å². The molecule has 0 saturated heterocycles. The molecule has 9 heteroatoms. The number of carbonyl (C=O) groups is 2. The van der Waals surface area contributed by atoms with Crippen molar-refractivity contribution >= 4 is 33.2 Å². The third kappa shape index (κ3) is 3.60. The number of carbonyl (C=O) groups excluding carboxylic acids is 1. The molecule has 0 bridgehead atoms. The normalized spacial score (nSPS) is 17.5. The summed E-state index contributed by atoms with van der Waals surface area (Å²) in [5.74, 6) is -1.71. The number of aliphatic carboxylic acids is 1. The smallest absolute Gasteiger partial charge is 0.329 e. The minimum Gasteiger partial charge on any atom is -0.480 e. The maximum absolute atomic E-state index is 11.9. The molecule has 1 saturated carbocycles. The van der Waals surface area contributed by atoms with Gasteiger partial charge in [0.25, 0.3) is 10.0 Å². The Morgan fingerprint density at radius 1 is 1.33 bits per heavy atom. The minimum atomic E-state index is -3.73. The number of rotatable bonds is 6. The summed E-state index contributed by atoms with van der Waals surface area (Å²) in [4.78, 5) is 23.1. The lowest BCUT2D eigenvalue weighted by Gasteiger charge is -2.25. The maximum Gasteiger partial charge on any atom is 0.329 e. The van der Waals surface area contributed by atoms with Crippen LogP contribution in [0, 0.1) is 0 Å². The highest BCUT2D eigenvalue weighted by Crippen LogP contribution is 2.29. The largest absolute Gasteiger partial charge is 0.480 e. The standard InChI is InChI=1S/C12H16N2O5S2/c15-9(14-12(11(16)17)5-1-2-6-12)8-13-21(18,19)10-4-3-7-20-10/h3-4,7,13H,1-2,5-6,8H2,(H,14,15)(H,16,17). The van der Waals surface area contributed by atoms with Gasteiger partial charge < -0.3 is 10.4 Å². The zero-order chi connectivity index (χ0) is 15.5. The second-order valence-corrected chi connectivity index (χ2v) is 7.84. The Balaban J connectivity index is 1.95. The zero-order valence-corrected chi connectivity index (χ0v) is 12.8. The first-order chi connectivity index (χ1) is 9.86. The van der Waals surface area contributed by atoms with Gasteiger partial charge in [-0.1, -0.05) is 18.9 Å². The van der Waals surface area contributed by atoms with Crippen LogP contribution in [0.1, 0.15) is 25.7 Å². The first-order valence-electron chi connectivity index (χ1n) is 6.43. The van der Waals surface area contributed by atoms with Crippen molar-refractivity contribution in [3.63, 3.8) is 0 Å². The predicted octanol–water partition coefficient (Wildman–Crippen LogP) is 0.540. The van der Waals surface area contributed by atoms with Gasteiger partial charge >= 0.3 is 5.97 Å². The van der Waals surface area contributed by atoms with Crippen LogP contribution < -0.4 is 10.0 Å². The van der Waals surface area contributed by atoms with Crippen LogP contribution in [0.4, 0.5) is 0 Å². The van der Waals surface area contributed by atoms with Gasteiger partial charge in [-0.05, 0) is 24.3 Å². The number of carboxylic acids is 1. The molecule has 0 aromatic carbocycles. The highest BCUT2D eigenvalue weighted by molar-refractivity contribution is 7.91. The minimum absolute atomic E-state index is 0.115. The van der Waals surface area contributed by atoms with Gasteiger partial charge in [0.05, 0.1) is 6.54 Å². The molecule has 1 aromatic rings. The van der Waals surface area contributed by atoms with E-state index in [1.54, 1.807) is 11.4 Å². The molecule has 7 nitrogen and oxygen atoms in total. The summed E-state index contributed by atoms with van der Waals surface area (Å²) in [6, 6.07) is 3.03. The lowest BCUT2D eigenvalue weighted by atomic mass is 9.98. The van der Waals surface area contributed by atoms with Crippen LogP contribution in [0.15, 0.2) is 21.7 Å². The van der Waals surface area contributed by atoms with Crippen LogP contribution in [-0.4, -0.2) is 37.5 Å². The van der Waals surface area contributed by atoms with E-state index in [1.165, 1.54) is 6.07 Å². The summed E-state index contributed by atoms with van der Waals surface area (Å²) in [6.07, 6.45) is 2.19. The second-order valence-electron chi connectivity index (χ2n) is 4.90. The highest BCUT2D eigenvalue weighted by atomic mass is 32.2. The van der Waals surface area contributed by atoms with Gasteiger partial charge in [0.2, 0.25) is 5.91 Å². The molecular weight excluding hydrogens is 316 g/mol. The van der Waals surface area contributed by atoms with Gasteiger partial charge in [-0.15, -0.1) is 11.3 Å². The molecule has 1 amide bonds. The van der Waals surface area contributed by atoms with E-state index in [-0.39, 0.29) is 4.21 Å². The fourth-order valence-electron chi connectivity index (χ4n) is 2.33. The lowest BCUT2D eigenvalue weighted by molar-refractivity contribution is -0.147. The summed E-state index contributed by atoms with van der Waals surface area (Å²) >= 11 is 1.04. The Bertz CT molecular complexity index is 618. The van der Waals surface area contributed by atoms with Crippen LogP contribution in [-0.2, 0) is 19.6 Å². The summed E-state index contributed by atoms with van der Waals surface area (Å²) in [6.45, 7) is -0.477. The van der Waals surface area contributed by atoms with Crippen molar-refractivity contribution in [2.75, 3.05) is 6.54 Å². The quantitative estimate of drug-likeness (QED) is 0.704. The Morgan fingerprint density at radius 2 is 2.00 bits per heavy atom. The molecule has 21 heavy (non-hydrogen) atoms. The number of hydrogen-bond acceptors (Lipinski definition) is 5. The molecule has 1 heterocycles. The monoisotopic (exact) mass is 332 g/mol. The van der Waals surface area contributed by atoms with Gasteiger partial charge in [0.1, 0.15) is 9.75 Å². The van der Waals surface area contributed by atoms with Crippen molar-refractivity contribution in [2.45, 2.75) is 35.4 Å². The van der Waals surface area contributed by atoms with E-state index in [0.717, 1.165) is 24.2 Å². The van der Waals surface area contributed by atoms with E-state index in [9.17, 15) is 23.1 Å². The summed E-state index contributed by atoms with van der Waals surface area (Å²) < 4.78 is 26.0. The van der Waals surface area contributed by atoms with E-state index in [1.807, 2.05) is 0 Å². The van der Waals surface area contributed by atoms with Crippen LogP contribution in [0.2, 0.25) is 0 Å². The molecule has 1 aliphatic carbocycles.